The fourth-order valence-corrected chi connectivity index (χ4v) is 2.34. The Labute approximate surface area is 124 Å². The SMILES string of the molecule is Cc1[nH]ncc1CNCCc1c[nH]c2ccccc12.Cl. The smallest absolute Gasteiger partial charge is 0.0535 e. The first-order valence-electron chi connectivity index (χ1n) is 6.59. The van der Waals surface area contributed by atoms with E-state index in [0.29, 0.717) is 0 Å². The Morgan fingerprint density at radius 1 is 1.20 bits per heavy atom. The molecule has 106 valence electrons. The predicted molar refractivity (Wildman–Crippen MR) is 84.3 cm³/mol. The highest BCUT2D eigenvalue weighted by Gasteiger charge is 2.03. The Hall–Kier alpha value is -1.78. The maximum Gasteiger partial charge on any atom is 0.0535 e. The van der Waals surface area contributed by atoms with Crippen molar-refractivity contribution in [3.8, 4) is 0 Å². The van der Waals surface area contributed by atoms with E-state index < -0.39 is 0 Å². The lowest BCUT2D eigenvalue weighted by atomic mass is 10.1. The van der Waals surface area contributed by atoms with Crippen LogP contribution in [0.25, 0.3) is 10.9 Å². The van der Waals surface area contributed by atoms with Crippen LogP contribution >= 0.6 is 12.4 Å². The lowest BCUT2D eigenvalue weighted by Gasteiger charge is -2.03. The molecule has 5 heteroatoms. The number of para-hydroxylation sites is 1. The zero-order valence-electron chi connectivity index (χ0n) is 11.4. The van der Waals surface area contributed by atoms with Crippen molar-refractivity contribution in [1.82, 2.24) is 20.5 Å². The summed E-state index contributed by atoms with van der Waals surface area (Å²) in [6.45, 7) is 3.88. The van der Waals surface area contributed by atoms with Gasteiger partial charge in [-0.25, -0.2) is 0 Å². The summed E-state index contributed by atoms with van der Waals surface area (Å²) in [6.07, 6.45) is 5.02. The Morgan fingerprint density at radius 2 is 2.05 bits per heavy atom. The molecule has 0 unspecified atom stereocenters. The van der Waals surface area contributed by atoms with Gasteiger partial charge in [-0.1, -0.05) is 18.2 Å². The van der Waals surface area contributed by atoms with Gasteiger partial charge in [0, 0.05) is 34.9 Å². The van der Waals surface area contributed by atoms with Crippen molar-refractivity contribution in [2.45, 2.75) is 19.9 Å². The number of hydrogen-bond donors (Lipinski definition) is 3. The molecular weight excluding hydrogens is 272 g/mol. The van der Waals surface area contributed by atoms with Gasteiger partial charge in [0.25, 0.3) is 0 Å². The van der Waals surface area contributed by atoms with Crippen molar-refractivity contribution in [3.05, 3.63) is 53.5 Å². The van der Waals surface area contributed by atoms with Crippen LogP contribution in [0.1, 0.15) is 16.8 Å². The predicted octanol–water partition coefficient (Wildman–Crippen LogP) is 2.95. The average Bonchev–Trinajstić information content (AvgIpc) is 3.02. The van der Waals surface area contributed by atoms with E-state index in [1.165, 1.54) is 22.0 Å². The molecule has 0 aliphatic rings. The standard InChI is InChI=1S/C15H18N4.ClH/c1-11-13(10-18-19-11)8-16-7-6-12-9-17-15-5-3-2-4-14(12)15;/h2-5,9-10,16-17H,6-8H2,1H3,(H,18,19);1H. The first kappa shape index (κ1) is 14.6. The monoisotopic (exact) mass is 290 g/mol. The van der Waals surface area contributed by atoms with Gasteiger partial charge in [0.15, 0.2) is 0 Å². The van der Waals surface area contributed by atoms with Crippen LogP contribution in [-0.4, -0.2) is 21.7 Å². The minimum Gasteiger partial charge on any atom is -0.361 e. The van der Waals surface area contributed by atoms with Crippen molar-refractivity contribution in [3.63, 3.8) is 0 Å². The molecule has 3 aromatic rings. The van der Waals surface area contributed by atoms with Gasteiger partial charge < -0.3 is 10.3 Å². The second-order valence-corrected chi connectivity index (χ2v) is 4.81. The van der Waals surface area contributed by atoms with Gasteiger partial charge in [0.2, 0.25) is 0 Å². The number of aromatic amines is 2. The molecule has 0 aliphatic carbocycles. The highest BCUT2D eigenvalue weighted by Crippen LogP contribution is 2.17. The molecule has 0 spiro atoms. The minimum atomic E-state index is 0. The zero-order chi connectivity index (χ0) is 13.1. The van der Waals surface area contributed by atoms with Crippen LogP contribution < -0.4 is 5.32 Å². The molecule has 2 heterocycles. The highest BCUT2D eigenvalue weighted by molar-refractivity contribution is 5.85. The molecule has 0 fully saturated rings. The maximum absolute atomic E-state index is 4.02. The normalized spacial score (nSPS) is 10.7. The Morgan fingerprint density at radius 3 is 2.85 bits per heavy atom. The number of aromatic nitrogens is 3. The number of rotatable bonds is 5. The summed E-state index contributed by atoms with van der Waals surface area (Å²) in [4.78, 5) is 3.31. The molecule has 1 aromatic carbocycles. The Kier molecular flexibility index (Phi) is 4.82. The molecule has 3 N–H and O–H groups in total. The third-order valence-electron chi connectivity index (χ3n) is 3.50. The third kappa shape index (κ3) is 3.03. The van der Waals surface area contributed by atoms with Crippen LogP contribution in [0, 0.1) is 6.92 Å². The highest BCUT2D eigenvalue weighted by atomic mass is 35.5. The molecule has 0 amide bonds. The van der Waals surface area contributed by atoms with E-state index in [1.807, 2.05) is 13.1 Å². The van der Waals surface area contributed by atoms with Crippen LogP contribution in [0.4, 0.5) is 0 Å². The minimum absolute atomic E-state index is 0. The number of nitrogens with one attached hydrogen (secondary N) is 3. The van der Waals surface area contributed by atoms with Crippen LogP contribution in [0.5, 0.6) is 0 Å². The van der Waals surface area contributed by atoms with E-state index in [0.717, 1.165) is 25.2 Å². The first-order chi connectivity index (χ1) is 9.34. The number of fused-ring (bicyclic) bond motifs is 1. The fraction of sp³-hybridized carbons (Fsp3) is 0.267. The molecule has 0 atom stereocenters. The second-order valence-electron chi connectivity index (χ2n) is 4.81. The zero-order valence-corrected chi connectivity index (χ0v) is 12.3. The molecule has 0 saturated heterocycles. The topological polar surface area (TPSA) is 56.5 Å². The van der Waals surface area contributed by atoms with Crippen LogP contribution in [0.15, 0.2) is 36.7 Å². The average molecular weight is 291 g/mol. The molecule has 0 aliphatic heterocycles. The van der Waals surface area contributed by atoms with Crippen molar-refractivity contribution < 1.29 is 0 Å². The Bertz CT molecular complexity index is 671. The van der Waals surface area contributed by atoms with E-state index in [2.05, 4.69) is 51.0 Å². The van der Waals surface area contributed by atoms with E-state index in [4.69, 9.17) is 0 Å². The summed E-state index contributed by atoms with van der Waals surface area (Å²) in [6, 6.07) is 8.42. The van der Waals surface area contributed by atoms with E-state index in [1.54, 1.807) is 0 Å². The lowest BCUT2D eigenvalue weighted by molar-refractivity contribution is 0.686. The first-order valence-corrected chi connectivity index (χ1v) is 6.59. The summed E-state index contributed by atoms with van der Waals surface area (Å²) in [5.41, 5.74) is 4.95. The maximum atomic E-state index is 4.02. The van der Waals surface area contributed by atoms with Crippen LogP contribution in [0.2, 0.25) is 0 Å². The van der Waals surface area contributed by atoms with E-state index in [9.17, 15) is 0 Å². The van der Waals surface area contributed by atoms with Crippen molar-refractivity contribution in [1.29, 1.82) is 0 Å². The molecular formula is C15H19ClN4. The number of aryl methyl sites for hydroxylation is 1. The molecule has 0 bridgehead atoms. The summed E-state index contributed by atoms with van der Waals surface area (Å²) >= 11 is 0. The summed E-state index contributed by atoms with van der Waals surface area (Å²) in [5.74, 6) is 0. The molecule has 4 nitrogen and oxygen atoms in total. The number of nitrogens with zero attached hydrogens (tertiary/aromatic N) is 1. The summed E-state index contributed by atoms with van der Waals surface area (Å²) in [5, 5.41) is 11.8. The summed E-state index contributed by atoms with van der Waals surface area (Å²) in [7, 11) is 0. The third-order valence-corrected chi connectivity index (χ3v) is 3.50. The van der Waals surface area contributed by atoms with Gasteiger partial charge in [-0.3, -0.25) is 5.10 Å². The molecule has 3 rings (SSSR count). The van der Waals surface area contributed by atoms with Gasteiger partial charge in [0.1, 0.15) is 0 Å². The number of H-pyrrole nitrogens is 2. The van der Waals surface area contributed by atoms with E-state index in [-0.39, 0.29) is 12.4 Å². The van der Waals surface area contributed by atoms with E-state index >= 15 is 0 Å². The lowest BCUT2D eigenvalue weighted by Crippen LogP contribution is -2.16. The van der Waals surface area contributed by atoms with Crippen molar-refractivity contribution in [2.75, 3.05) is 6.54 Å². The van der Waals surface area contributed by atoms with Gasteiger partial charge in [0.05, 0.1) is 6.20 Å². The number of hydrogen-bond acceptors (Lipinski definition) is 2. The summed E-state index contributed by atoms with van der Waals surface area (Å²) < 4.78 is 0. The molecule has 20 heavy (non-hydrogen) atoms. The quantitative estimate of drug-likeness (QED) is 0.633. The van der Waals surface area contributed by atoms with Gasteiger partial charge in [-0.15, -0.1) is 12.4 Å². The molecule has 0 saturated carbocycles. The van der Waals surface area contributed by atoms with Gasteiger partial charge in [-0.05, 0) is 31.5 Å². The molecule has 0 radical (unpaired) electrons. The van der Waals surface area contributed by atoms with Gasteiger partial charge in [-0.2, -0.15) is 5.10 Å². The van der Waals surface area contributed by atoms with Gasteiger partial charge >= 0.3 is 0 Å². The van der Waals surface area contributed by atoms with Crippen LogP contribution in [0.3, 0.4) is 0 Å². The Balaban J connectivity index is 0.00000147. The van der Waals surface area contributed by atoms with Crippen LogP contribution in [-0.2, 0) is 13.0 Å². The van der Waals surface area contributed by atoms with Crippen molar-refractivity contribution >= 4 is 23.3 Å². The number of halogens is 1. The van der Waals surface area contributed by atoms with Crippen molar-refractivity contribution in [2.24, 2.45) is 0 Å². The fourth-order valence-electron chi connectivity index (χ4n) is 2.34. The largest absolute Gasteiger partial charge is 0.361 e. The number of benzene rings is 1. The molecule has 2 aromatic heterocycles. The second kappa shape index (κ2) is 6.59.